The zero-order valence-electron chi connectivity index (χ0n) is 17.7. The zero-order valence-corrected chi connectivity index (χ0v) is 20.8. The molecule has 0 unspecified atom stereocenters. The van der Waals surface area contributed by atoms with Crippen LogP contribution >= 0.6 is 15.9 Å². The molecule has 2 aromatic rings. The van der Waals surface area contributed by atoms with Gasteiger partial charge in [0, 0.05) is 50.0 Å². The van der Waals surface area contributed by atoms with E-state index in [0.717, 1.165) is 24.8 Å². The predicted octanol–water partition coefficient (Wildman–Crippen LogP) is 9.04. The number of para-hydroxylation sites is 1. The minimum Gasteiger partial charge on any atom is -0.358 e. The fraction of sp³-hybridized carbons (Fsp3) is 0.348. The molecule has 214 valence electrons. The number of rotatable bonds is 2. The number of anilines is 1. The minimum atomic E-state index is -4.81. The van der Waals surface area contributed by atoms with Gasteiger partial charge in [0.15, 0.2) is 0 Å². The summed E-state index contributed by atoms with van der Waals surface area (Å²) in [6.07, 6.45) is -8.59. The van der Waals surface area contributed by atoms with Crippen LogP contribution in [0.15, 0.2) is 39.8 Å². The van der Waals surface area contributed by atoms with Crippen LogP contribution in [0.3, 0.4) is 0 Å². The normalized spacial score (nSPS) is 11.2. The van der Waals surface area contributed by atoms with Crippen molar-refractivity contribution in [3.63, 3.8) is 0 Å². The smallest absolute Gasteiger partial charge is 0.358 e. The molecule has 0 saturated carbocycles. The van der Waals surface area contributed by atoms with E-state index in [-0.39, 0.29) is 60.3 Å². The van der Waals surface area contributed by atoms with Gasteiger partial charge in [0.1, 0.15) is 5.69 Å². The van der Waals surface area contributed by atoms with Crippen LogP contribution in [-0.2, 0) is 44.0 Å². The largest absolute Gasteiger partial charge is 0.418 e. The van der Waals surface area contributed by atoms with Crippen molar-refractivity contribution in [3.05, 3.63) is 69.0 Å². The number of aliphatic imine (C=N–C) groups is 1. The number of nitro groups is 1. The first-order valence-corrected chi connectivity index (χ1v) is 9.46. The van der Waals surface area contributed by atoms with E-state index >= 15 is 0 Å². The van der Waals surface area contributed by atoms with Crippen molar-refractivity contribution in [1.82, 2.24) is 0 Å². The Balaban J connectivity index is -0.000000264. The summed E-state index contributed by atoms with van der Waals surface area (Å²) in [5.41, 5.74) is -2.10. The topological polar surface area (TPSA) is 84.6 Å². The van der Waals surface area contributed by atoms with Crippen molar-refractivity contribution < 1.29 is 56.5 Å². The second-order valence-electron chi connectivity index (χ2n) is 6.62. The van der Waals surface area contributed by atoms with Gasteiger partial charge in [0.2, 0.25) is 5.91 Å². The maximum absolute atomic E-state index is 12.7. The maximum Gasteiger partial charge on any atom is 0.418 e. The summed E-state index contributed by atoms with van der Waals surface area (Å²) in [5, 5.41) is 12.5. The molecule has 0 aromatic heterocycles. The Bertz CT molecular complexity index is 1110. The molecule has 0 spiro atoms. The van der Waals surface area contributed by atoms with E-state index in [2.05, 4.69) is 20.9 Å². The summed E-state index contributed by atoms with van der Waals surface area (Å²) in [6.45, 7) is 2.70. The fourth-order valence-corrected chi connectivity index (χ4v) is 3.31. The molecule has 37 heavy (non-hydrogen) atoms. The summed E-state index contributed by atoms with van der Waals surface area (Å²) in [4.78, 5) is 24.5. The molecular formula is C23H29BrF6N3O3Pd-. The summed E-state index contributed by atoms with van der Waals surface area (Å²) in [5.74, 6) is -0.828. The van der Waals surface area contributed by atoms with Crippen LogP contribution < -0.4 is 5.32 Å². The number of nitrogens with zero attached hydrogens (tertiary/aromatic N) is 2. The standard InChI is InChI=1S/C10H8F3N.C9H6BrF3N2O3.3CH4.CH3.Pd/c1-6-5-7-3-2-4-8(9(7)14-6)10(11,12)13;1-4(16)14-8-6(9(11,12)13)2-5(10)3-7(8)15(17)18;;;;;/h2-4H,5H2,1H3;2-3H,1H3,(H,14,16);3*1H4;1H3;/q;;;;;-1;. The molecule has 0 atom stereocenters. The summed E-state index contributed by atoms with van der Waals surface area (Å²) in [6, 6.07) is 5.74. The van der Waals surface area contributed by atoms with Gasteiger partial charge in [-0.25, -0.2) is 0 Å². The molecule has 2 aromatic carbocycles. The van der Waals surface area contributed by atoms with E-state index in [1.165, 1.54) is 6.07 Å². The van der Waals surface area contributed by atoms with Gasteiger partial charge >= 0.3 is 12.4 Å². The van der Waals surface area contributed by atoms with Gasteiger partial charge in [0.25, 0.3) is 5.69 Å². The first kappa shape index (κ1) is 41.8. The van der Waals surface area contributed by atoms with Crippen LogP contribution in [-0.4, -0.2) is 16.5 Å². The third-order valence-electron chi connectivity index (χ3n) is 4.06. The molecule has 0 saturated heterocycles. The molecule has 1 heterocycles. The number of nitro benzene ring substituents is 1. The van der Waals surface area contributed by atoms with E-state index < -0.39 is 45.7 Å². The van der Waals surface area contributed by atoms with Crippen molar-refractivity contribution >= 4 is 44.6 Å². The number of alkyl halides is 6. The van der Waals surface area contributed by atoms with Crippen molar-refractivity contribution in [2.75, 3.05) is 5.32 Å². The Hall–Kier alpha value is -2.30. The van der Waals surface area contributed by atoms with Gasteiger partial charge in [0.05, 0.1) is 21.7 Å². The van der Waals surface area contributed by atoms with Gasteiger partial charge in [-0.3, -0.25) is 19.9 Å². The number of hydrogen-bond acceptors (Lipinski definition) is 4. The average Bonchev–Trinajstić information content (AvgIpc) is 3.01. The molecule has 0 fully saturated rings. The van der Waals surface area contributed by atoms with Crippen LogP contribution in [0, 0.1) is 17.5 Å². The second kappa shape index (κ2) is 15.8. The molecule has 14 heteroatoms. The maximum atomic E-state index is 12.7. The Morgan fingerprint density at radius 1 is 1.05 bits per heavy atom. The van der Waals surface area contributed by atoms with Gasteiger partial charge in [-0.05, 0) is 24.6 Å². The SMILES string of the molecule is C.C.C.CC(=O)Nc1c([N+](=O)[O-])cc(Br)cc1C(F)(F)F.CC1=Nc2c(cccc2C(F)(F)F)C1.[CH3-].[Pd]. The van der Waals surface area contributed by atoms with Gasteiger partial charge in [-0.15, -0.1) is 0 Å². The van der Waals surface area contributed by atoms with Crippen molar-refractivity contribution in [3.8, 4) is 0 Å². The summed E-state index contributed by atoms with van der Waals surface area (Å²) >= 11 is 2.76. The molecule has 1 aliphatic heterocycles. The quantitative estimate of drug-likeness (QED) is 0.112. The van der Waals surface area contributed by atoms with Gasteiger partial charge < -0.3 is 12.7 Å². The van der Waals surface area contributed by atoms with Crippen LogP contribution in [0.25, 0.3) is 0 Å². The van der Waals surface area contributed by atoms with E-state index in [9.17, 15) is 41.3 Å². The third-order valence-corrected chi connectivity index (χ3v) is 4.52. The number of benzene rings is 2. The van der Waals surface area contributed by atoms with Crippen LogP contribution in [0.4, 0.5) is 43.4 Å². The molecule has 3 rings (SSSR count). The molecule has 1 aliphatic rings. The fourth-order valence-electron chi connectivity index (χ4n) is 2.87. The Kier molecular flexibility index (Phi) is 17.9. The van der Waals surface area contributed by atoms with E-state index in [4.69, 9.17) is 0 Å². The number of fused-ring (bicyclic) bond motifs is 1. The molecular weight excluding hydrogens is 667 g/mol. The Morgan fingerprint density at radius 2 is 1.57 bits per heavy atom. The van der Waals surface area contributed by atoms with Crippen LogP contribution in [0.5, 0.6) is 0 Å². The summed E-state index contributed by atoms with van der Waals surface area (Å²) < 4.78 is 75.6. The van der Waals surface area contributed by atoms with E-state index in [0.29, 0.717) is 18.1 Å². The average molecular weight is 696 g/mol. The summed E-state index contributed by atoms with van der Waals surface area (Å²) in [7, 11) is 0. The molecule has 1 amide bonds. The van der Waals surface area contributed by atoms with Crippen molar-refractivity contribution in [1.29, 1.82) is 0 Å². The number of hydrogen-bond donors (Lipinski definition) is 1. The number of amides is 1. The van der Waals surface area contributed by atoms with Crippen molar-refractivity contribution in [2.24, 2.45) is 4.99 Å². The van der Waals surface area contributed by atoms with Gasteiger partial charge in [-0.1, -0.05) is 50.3 Å². The number of carbonyl (C=O) groups is 1. The molecule has 1 N–H and O–H groups in total. The zero-order chi connectivity index (χ0) is 24.4. The number of nitrogens with one attached hydrogen (secondary N) is 1. The first-order valence-electron chi connectivity index (χ1n) is 8.67. The molecule has 0 radical (unpaired) electrons. The van der Waals surface area contributed by atoms with Crippen LogP contribution in [0.1, 0.15) is 52.8 Å². The van der Waals surface area contributed by atoms with Gasteiger partial charge in [-0.2, -0.15) is 26.3 Å². The van der Waals surface area contributed by atoms with Crippen LogP contribution in [0.2, 0.25) is 0 Å². The number of carbonyl (C=O) groups excluding carboxylic acids is 1. The molecule has 0 aliphatic carbocycles. The molecule has 0 bridgehead atoms. The predicted molar refractivity (Wildman–Crippen MR) is 135 cm³/mol. The Labute approximate surface area is 234 Å². The molecule has 6 nitrogen and oxygen atoms in total. The third kappa shape index (κ3) is 10.9. The number of halogens is 7. The second-order valence-corrected chi connectivity index (χ2v) is 7.53. The van der Waals surface area contributed by atoms with Crippen molar-refractivity contribution in [2.45, 2.75) is 54.9 Å². The monoisotopic (exact) mass is 694 g/mol. The Morgan fingerprint density at radius 3 is 2.00 bits per heavy atom. The minimum absolute atomic E-state index is 0. The van der Waals surface area contributed by atoms with E-state index in [1.807, 2.05) is 5.32 Å². The first-order chi connectivity index (χ1) is 14.6. The van der Waals surface area contributed by atoms with E-state index in [1.54, 1.807) is 13.0 Å².